The summed E-state index contributed by atoms with van der Waals surface area (Å²) in [5, 5.41) is 11.6. The monoisotopic (exact) mass is 193 g/mol. The van der Waals surface area contributed by atoms with Gasteiger partial charge in [-0.3, -0.25) is 0 Å². The second-order valence-electron chi connectivity index (χ2n) is 3.18. The predicted octanol–water partition coefficient (Wildman–Crippen LogP) is 2.48. The van der Waals surface area contributed by atoms with Crippen LogP contribution in [0.1, 0.15) is 18.9 Å². The largest absolute Gasteiger partial charge is 0.497 e. The van der Waals surface area contributed by atoms with E-state index in [2.05, 4.69) is 5.16 Å². The lowest BCUT2D eigenvalue weighted by molar-refractivity contribution is 0.317. The van der Waals surface area contributed by atoms with E-state index in [1.165, 1.54) is 5.56 Å². The van der Waals surface area contributed by atoms with Crippen molar-refractivity contribution in [2.75, 3.05) is 7.11 Å². The van der Waals surface area contributed by atoms with E-state index in [1.54, 1.807) is 7.11 Å². The summed E-state index contributed by atoms with van der Waals surface area (Å²) in [6.07, 6.45) is 1.67. The first-order valence-corrected chi connectivity index (χ1v) is 4.56. The lowest BCUT2D eigenvalue weighted by Gasteiger charge is -2.02. The van der Waals surface area contributed by atoms with E-state index in [9.17, 15) is 0 Å². The minimum absolute atomic E-state index is 0.751. The van der Waals surface area contributed by atoms with Crippen LogP contribution >= 0.6 is 0 Å². The Labute approximate surface area is 84.0 Å². The number of aryl methyl sites for hydroxylation is 1. The van der Waals surface area contributed by atoms with E-state index < -0.39 is 0 Å². The van der Waals surface area contributed by atoms with Crippen molar-refractivity contribution in [3.8, 4) is 5.75 Å². The van der Waals surface area contributed by atoms with Crippen LogP contribution in [0.3, 0.4) is 0 Å². The highest BCUT2D eigenvalue weighted by Crippen LogP contribution is 2.12. The molecule has 1 rings (SSSR count). The Bertz CT molecular complexity index is 304. The standard InChI is InChI=1S/C11H15NO2/c1-9(12-13)3-4-10-5-7-11(14-2)8-6-10/h5-8,13H,3-4H2,1-2H3/b12-9+. The van der Waals surface area contributed by atoms with Crippen LogP contribution in [0.5, 0.6) is 5.75 Å². The molecule has 0 bridgehead atoms. The molecule has 0 heterocycles. The smallest absolute Gasteiger partial charge is 0.118 e. The van der Waals surface area contributed by atoms with E-state index in [4.69, 9.17) is 9.94 Å². The molecular weight excluding hydrogens is 178 g/mol. The van der Waals surface area contributed by atoms with Gasteiger partial charge in [0.15, 0.2) is 0 Å². The Hall–Kier alpha value is -1.51. The molecule has 0 aliphatic heterocycles. The first kappa shape index (κ1) is 10.6. The summed E-state index contributed by atoms with van der Waals surface area (Å²) < 4.78 is 5.05. The van der Waals surface area contributed by atoms with Crippen LogP contribution in [0.2, 0.25) is 0 Å². The first-order valence-electron chi connectivity index (χ1n) is 4.56. The number of ether oxygens (including phenoxy) is 1. The Morgan fingerprint density at radius 3 is 2.50 bits per heavy atom. The number of hydrogen-bond donors (Lipinski definition) is 1. The van der Waals surface area contributed by atoms with Crippen molar-refractivity contribution in [2.24, 2.45) is 5.16 Å². The van der Waals surface area contributed by atoms with Crippen molar-refractivity contribution in [3.63, 3.8) is 0 Å². The van der Waals surface area contributed by atoms with Crippen molar-refractivity contribution < 1.29 is 9.94 Å². The van der Waals surface area contributed by atoms with Gasteiger partial charge in [-0.05, 0) is 37.5 Å². The summed E-state index contributed by atoms with van der Waals surface area (Å²) in [4.78, 5) is 0. The summed E-state index contributed by atoms with van der Waals surface area (Å²) in [6.45, 7) is 1.81. The summed E-state index contributed by atoms with van der Waals surface area (Å²) in [5.41, 5.74) is 1.97. The molecule has 0 atom stereocenters. The lowest BCUT2D eigenvalue weighted by Crippen LogP contribution is -1.95. The van der Waals surface area contributed by atoms with Crippen LogP contribution in [-0.4, -0.2) is 18.0 Å². The highest BCUT2D eigenvalue weighted by Gasteiger charge is 1.96. The van der Waals surface area contributed by atoms with Crippen molar-refractivity contribution in [2.45, 2.75) is 19.8 Å². The quantitative estimate of drug-likeness (QED) is 0.453. The van der Waals surface area contributed by atoms with Gasteiger partial charge in [0.25, 0.3) is 0 Å². The SMILES string of the molecule is COc1ccc(CC/C(C)=N/O)cc1. The molecule has 3 nitrogen and oxygen atoms in total. The summed E-state index contributed by atoms with van der Waals surface area (Å²) in [5.74, 6) is 0.862. The molecule has 0 fully saturated rings. The highest BCUT2D eigenvalue weighted by molar-refractivity contribution is 5.81. The molecule has 0 radical (unpaired) electrons. The van der Waals surface area contributed by atoms with Gasteiger partial charge >= 0.3 is 0 Å². The minimum atomic E-state index is 0.751. The van der Waals surface area contributed by atoms with Crippen molar-refractivity contribution in [1.82, 2.24) is 0 Å². The number of oxime groups is 1. The fourth-order valence-corrected chi connectivity index (χ4v) is 1.17. The molecular formula is C11H15NO2. The molecule has 0 unspecified atom stereocenters. The second kappa shape index (κ2) is 5.27. The molecule has 0 spiro atoms. The van der Waals surface area contributed by atoms with Gasteiger partial charge in [-0.15, -0.1) is 0 Å². The number of rotatable bonds is 4. The molecule has 1 aromatic rings. The topological polar surface area (TPSA) is 41.8 Å². The maximum atomic E-state index is 8.46. The van der Waals surface area contributed by atoms with Crippen molar-refractivity contribution in [3.05, 3.63) is 29.8 Å². The van der Waals surface area contributed by atoms with Crippen LogP contribution in [0, 0.1) is 0 Å². The summed E-state index contributed by atoms with van der Waals surface area (Å²) in [7, 11) is 1.65. The van der Waals surface area contributed by atoms with Gasteiger partial charge in [0.05, 0.1) is 12.8 Å². The first-order chi connectivity index (χ1) is 6.76. The molecule has 0 saturated heterocycles. The molecule has 0 amide bonds. The Balaban J connectivity index is 2.52. The molecule has 0 aromatic heterocycles. The maximum Gasteiger partial charge on any atom is 0.118 e. The van der Waals surface area contributed by atoms with Gasteiger partial charge in [-0.25, -0.2) is 0 Å². The van der Waals surface area contributed by atoms with E-state index in [1.807, 2.05) is 31.2 Å². The fraction of sp³-hybridized carbons (Fsp3) is 0.364. The third kappa shape index (κ3) is 3.09. The molecule has 3 heteroatoms. The summed E-state index contributed by atoms with van der Waals surface area (Å²) >= 11 is 0. The molecule has 0 aliphatic rings. The third-order valence-corrected chi connectivity index (χ3v) is 2.11. The predicted molar refractivity (Wildman–Crippen MR) is 56.2 cm³/mol. The van der Waals surface area contributed by atoms with Crippen molar-refractivity contribution in [1.29, 1.82) is 0 Å². The third-order valence-electron chi connectivity index (χ3n) is 2.11. The van der Waals surface area contributed by atoms with Crippen LogP contribution in [-0.2, 0) is 6.42 Å². The van der Waals surface area contributed by atoms with Crippen LogP contribution < -0.4 is 4.74 Å². The molecule has 14 heavy (non-hydrogen) atoms. The van der Waals surface area contributed by atoms with Gasteiger partial charge in [0.2, 0.25) is 0 Å². The van der Waals surface area contributed by atoms with Gasteiger partial charge in [-0.1, -0.05) is 17.3 Å². The average molecular weight is 193 g/mol. The van der Waals surface area contributed by atoms with Crippen LogP contribution in [0.15, 0.2) is 29.4 Å². The zero-order valence-corrected chi connectivity index (χ0v) is 8.53. The molecule has 1 aromatic carbocycles. The highest BCUT2D eigenvalue weighted by atomic mass is 16.5. The number of methoxy groups -OCH3 is 1. The Kier molecular flexibility index (Phi) is 3.98. The number of nitrogens with zero attached hydrogens (tertiary/aromatic N) is 1. The van der Waals surface area contributed by atoms with Crippen LogP contribution in [0.4, 0.5) is 0 Å². The van der Waals surface area contributed by atoms with Gasteiger partial charge in [0.1, 0.15) is 5.75 Å². The molecule has 0 aliphatic carbocycles. The summed E-state index contributed by atoms with van der Waals surface area (Å²) in [6, 6.07) is 7.90. The zero-order valence-electron chi connectivity index (χ0n) is 8.53. The van der Waals surface area contributed by atoms with E-state index >= 15 is 0 Å². The lowest BCUT2D eigenvalue weighted by atomic mass is 10.1. The Morgan fingerprint density at radius 1 is 1.36 bits per heavy atom. The molecule has 76 valence electrons. The fourth-order valence-electron chi connectivity index (χ4n) is 1.17. The normalized spacial score (nSPS) is 11.4. The molecule has 1 N–H and O–H groups in total. The maximum absolute atomic E-state index is 8.46. The Morgan fingerprint density at radius 2 is 2.00 bits per heavy atom. The van der Waals surface area contributed by atoms with Crippen molar-refractivity contribution >= 4 is 5.71 Å². The van der Waals surface area contributed by atoms with E-state index in [0.29, 0.717) is 0 Å². The van der Waals surface area contributed by atoms with Gasteiger partial charge < -0.3 is 9.94 Å². The number of hydrogen-bond acceptors (Lipinski definition) is 3. The van der Waals surface area contributed by atoms with Gasteiger partial charge in [0, 0.05) is 0 Å². The second-order valence-corrected chi connectivity index (χ2v) is 3.18. The van der Waals surface area contributed by atoms with E-state index in [0.717, 1.165) is 24.3 Å². The van der Waals surface area contributed by atoms with Crippen LogP contribution in [0.25, 0.3) is 0 Å². The number of benzene rings is 1. The zero-order chi connectivity index (χ0) is 10.4. The van der Waals surface area contributed by atoms with Gasteiger partial charge in [-0.2, -0.15) is 0 Å². The molecule has 0 saturated carbocycles. The minimum Gasteiger partial charge on any atom is -0.497 e. The average Bonchev–Trinajstić information content (AvgIpc) is 2.26. The van der Waals surface area contributed by atoms with E-state index in [-0.39, 0.29) is 0 Å².